The summed E-state index contributed by atoms with van der Waals surface area (Å²) in [7, 11) is 0. The molecule has 1 N–H and O–H groups in total. The van der Waals surface area contributed by atoms with Crippen molar-refractivity contribution in [1.29, 1.82) is 5.26 Å². The highest BCUT2D eigenvalue weighted by Crippen LogP contribution is 2.45. The first-order valence-corrected chi connectivity index (χ1v) is 6.23. The number of carbonyl (C=O) groups is 1. The Hall–Kier alpha value is -2.22. The second-order valence-corrected chi connectivity index (χ2v) is 5.01. The standard InChI is InChI=1S/C14H14N2O3/c1-9-4-11-12(19-8-18-11)5-10(9)6-16-13(17)14(7-15)2-3-14/h4-5H,2-3,6,8H2,1H3,(H,16,17). The summed E-state index contributed by atoms with van der Waals surface area (Å²) in [5.74, 6) is 1.27. The third-order valence-corrected chi connectivity index (χ3v) is 3.67. The number of rotatable bonds is 3. The van der Waals surface area contributed by atoms with Gasteiger partial charge in [0.05, 0.1) is 6.07 Å². The number of nitrogens with one attached hydrogen (secondary N) is 1. The second kappa shape index (κ2) is 4.16. The molecule has 19 heavy (non-hydrogen) atoms. The summed E-state index contributed by atoms with van der Waals surface area (Å²) >= 11 is 0. The number of hydrogen-bond donors (Lipinski definition) is 1. The predicted octanol–water partition coefficient (Wildman–Crippen LogP) is 1.64. The molecular formula is C14H14N2O3. The van der Waals surface area contributed by atoms with Crippen LogP contribution in [0.25, 0.3) is 0 Å². The van der Waals surface area contributed by atoms with E-state index in [-0.39, 0.29) is 12.7 Å². The number of fused-ring (bicyclic) bond motifs is 1. The summed E-state index contributed by atoms with van der Waals surface area (Å²) in [5, 5.41) is 11.8. The van der Waals surface area contributed by atoms with Gasteiger partial charge in [-0.3, -0.25) is 4.79 Å². The van der Waals surface area contributed by atoms with Gasteiger partial charge >= 0.3 is 0 Å². The van der Waals surface area contributed by atoms with E-state index in [1.807, 2.05) is 19.1 Å². The molecule has 0 radical (unpaired) electrons. The lowest BCUT2D eigenvalue weighted by atomic mass is 10.1. The van der Waals surface area contributed by atoms with Crippen molar-refractivity contribution < 1.29 is 14.3 Å². The Balaban J connectivity index is 1.71. The molecular weight excluding hydrogens is 244 g/mol. The zero-order valence-corrected chi connectivity index (χ0v) is 10.7. The number of ether oxygens (including phenoxy) is 2. The molecule has 0 aromatic heterocycles. The SMILES string of the molecule is Cc1cc2c(cc1CNC(=O)C1(C#N)CC1)OCO2. The van der Waals surface area contributed by atoms with Gasteiger partial charge in [-0.15, -0.1) is 0 Å². The molecule has 2 aliphatic rings. The van der Waals surface area contributed by atoms with Gasteiger partial charge in [0.25, 0.3) is 0 Å². The lowest BCUT2D eigenvalue weighted by molar-refractivity contribution is -0.124. The molecule has 1 aliphatic heterocycles. The van der Waals surface area contributed by atoms with Crippen molar-refractivity contribution >= 4 is 5.91 Å². The average molecular weight is 258 g/mol. The Labute approximate surface area is 111 Å². The summed E-state index contributed by atoms with van der Waals surface area (Å²) in [4.78, 5) is 11.9. The lowest BCUT2D eigenvalue weighted by Crippen LogP contribution is -2.30. The zero-order chi connectivity index (χ0) is 13.5. The molecule has 5 nitrogen and oxygen atoms in total. The first-order valence-electron chi connectivity index (χ1n) is 6.23. The van der Waals surface area contributed by atoms with Gasteiger partial charge in [-0.05, 0) is 43.0 Å². The number of nitriles is 1. The van der Waals surface area contributed by atoms with Gasteiger partial charge < -0.3 is 14.8 Å². The van der Waals surface area contributed by atoms with Crippen molar-refractivity contribution in [1.82, 2.24) is 5.32 Å². The van der Waals surface area contributed by atoms with E-state index in [9.17, 15) is 4.79 Å². The molecule has 1 saturated carbocycles. The minimum absolute atomic E-state index is 0.174. The number of amides is 1. The Kier molecular flexibility index (Phi) is 2.59. The fourth-order valence-corrected chi connectivity index (χ4v) is 2.14. The van der Waals surface area contributed by atoms with Crippen molar-refractivity contribution in [2.75, 3.05) is 6.79 Å². The Morgan fingerprint density at radius 1 is 1.42 bits per heavy atom. The van der Waals surface area contributed by atoms with Gasteiger partial charge in [0.15, 0.2) is 11.5 Å². The number of aryl methyl sites for hydroxylation is 1. The zero-order valence-electron chi connectivity index (χ0n) is 10.7. The predicted molar refractivity (Wildman–Crippen MR) is 66.4 cm³/mol. The molecule has 0 bridgehead atoms. The maximum atomic E-state index is 11.9. The number of nitrogens with zero attached hydrogens (tertiary/aromatic N) is 1. The summed E-state index contributed by atoms with van der Waals surface area (Å²) in [5.41, 5.74) is 1.24. The van der Waals surface area contributed by atoms with E-state index in [4.69, 9.17) is 14.7 Å². The van der Waals surface area contributed by atoms with Crippen LogP contribution < -0.4 is 14.8 Å². The summed E-state index contributed by atoms with van der Waals surface area (Å²) in [6.07, 6.45) is 1.32. The maximum Gasteiger partial charge on any atom is 0.240 e. The molecule has 1 aromatic rings. The molecule has 0 unspecified atom stereocenters. The van der Waals surface area contributed by atoms with Crippen molar-refractivity contribution in [3.63, 3.8) is 0 Å². The monoisotopic (exact) mass is 258 g/mol. The molecule has 1 amide bonds. The fourth-order valence-electron chi connectivity index (χ4n) is 2.14. The van der Waals surface area contributed by atoms with E-state index < -0.39 is 5.41 Å². The molecule has 1 aliphatic carbocycles. The van der Waals surface area contributed by atoms with Crippen LogP contribution in [-0.4, -0.2) is 12.7 Å². The van der Waals surface area contributed by atoms with Crippen LogP contribution in [0.4, 0.5) is 0 Å². The minimum Gasteiger partial charge on any atom is -0.454 e. The molecule has 1 fully saturated rings. The van der Waals surface area contributed by atoms with Crippen LogP contribution in [0, 0.1) is 23.7 Å². The summed E-state index contributed by atoms with van der Waals surface area (Å²) in [6.45, 7) is 2.60. The fraction of sp³-hybridized carbons (Fsp3) is 0.429. The number of hydrogen-bond acceptors (Lipinski definition) is 4. The van der Waals surface area contributed by atoms with Gasteiger partial charge in [0.1, 0.15) is 5.41 Å². The highest BCUT2D eigenvalue weighted by molar-refractivity contribution is 5.88. The van der Waals surface area contributed by atoms with E-state index in [0.717, 1.165) is 16.9 Å². The summed E-state index contributed by atoms with van der Waals surface area (Å²) in [6, 6.07) is 5.87. The van der Waals surface area contributed by atoms with Crippen LogP contribution in [-0.2, 0) is 11.3 Å². The smallest absolute Gasteiger partial charge is 0.240 e. The Morgan fingerprint density at radius 3 is 2.74 bits per heavy atom. The molecule has 98 valence electrons. The molecule has 0 spiro atoms. The topological polar surface area (TPSA) is 71.4 Å². The lowest BCUT2D eigenvalue weighted by Gasteiger charge is -2.11. The van der Waals surface area contributed by atoms with Crippen molar-refractivity contribution in [3.8, 4) is 17.6 Å². The van der Waals surface area contributed by atoms with Crippen LogP contribution >= 0.6 is 0 Å². The highest BCUT2D eigenvalue weighted by Gasteiger charge is 2.50. The molecule has 3 rings (SSSR count). The Bertz CT molecular complexity index is 585. The highest BCUT2D eigenvalue weighted by atomic mass is 16.7. The third-order valence-electron chi connectivity index (χ3n) is 3.67. The summed E-state index contributed by atoms with van der Waals surface area (Å²) < 4.78 is 10.6. The van der Waals surface area contributed by atoms with E-state index in [1.165, 1.54) is 0 Å². The van der Waals surface area contributed by atoms with Gasteiger partial charge in [0, 0.05) is 6.54 Å². The van der Waals surface area contributed by atoms with Gasteiger partial charge in [0.2, 0.25) is 12.7 Å². The molecule has 0 atom stereocenters. The number of carbonyl (C=O) groups excluding carboxylic acids is 1. The minimum atomic E-state index is -0.774. The first kappa shape index (κ1) is 11.8. The molecule has 5 heteroatoms. The van der Waals surface area contributed by atoms with Crippen LogP contribution in [0.2, 0.25) is 0 Å². The average Bonchev–Trinajstić information content (AvgIpc) is 3.09. The quantitative estimate of drug-likeness (QED) is 0.894. The maximum absolute atomic E-state index is 11.9. The molecule has 0 saturated heterocycles. The van der Waals surface area contributed by atoms with E-state index in [1.54, 1.807) is 0 Å². The van der Waals surface area contributed by atoms with E-state index in [2.05, 4.69) is 11.4 Å². The normalized spacial score (nSPS) is 17.7. The van der Waals surface area contributed by atoms with Crippen LogP contribution in [0.5, 0.6) is 11.5 Å². The molecule has 1 heterocycles. The van der Waals surface area contributed by atoms with Crippen LogP contribution in [0.3, 0.4) is 0 Å². The van der Waals surface area contributed by atoms with E-state index >= 15 is 0 Å². The Morgan fingerprint density at radius 2 is 2.11 bits per heavy atom. The molecule has 1 aromatic carbocycles. The second-order valence-electron chi connectivity index (χ2n) is 5.01. The van der Waals surface area contributed by atoms with Crippen LogP contribution in [0.1, 0.15) is 24.0 Å². The van der Waals surface area contributed by atoms with Crippen molar-refractivity contribution in [3.05, 3.63) is 23.3 Å². The van der Waals surface area contributed by atoms with Gasteiger partial charge in [-0.2, -0.15) is 5.26 Å². The first-order chi connectivity index (χ1) is 9.14. The van der Waals surface area contributed by atoms with Crippen molar-refractivity contribution in [2.45, 2.75) is 26.3 Å². The van der Waals surface area contributed by atoms with Crippen molar-refractivity contribution in [2.24, 2.45) is 5.41 Å². The largest absolute Gasteiger partial charge is 0.454 e. The van der Waals surface area contributed by atoms with E-state index in [0.29, 0.717) is 25.1 Å². The van der Waals surface area contributed by atoms with Gasteiger partial charge in [-0.25, -0.2) is 0 Å². The third kappa shape index (κ3) is 1.99. The number of benzene rings is 1. The van der Waals surface area contributed by atoms with Gasteiger partial charge in [-0.1, -0.05) is 0 Å². The van der Waals surface area contributed by atoms with Crippen LogP contribution in [0.15, 0.2) is 12.1 Å².